The summed E-state index contributed by atoms with van der Waals surface area (Å²) >= 11 is 1.91. The predicted octanol–water partition coefficient (Wildman–Crippen LogP) is 0.935. The lowest BCUT2D eigenvalue weighted by atomic mass is 9.99. The number of amides is 1. The standard InChI is InChI=1S/C10H20N2OS/c1-3-8(2)9(11)10(13)12-4-6-14-7-5-12/h8-9H,3-7,11H2,1-2H3. The summed E-state index contributed by atoms with van der Waals surface area (Å²) in [6, 6.07) is -0.303. The molecule has 14 heavy (non-hydrogen) atoms. The first kappa shape index (κ1) is 11.9. The third-order valence-electron chi connectivity index (χ3n) is 2.86. The highest BCUT2D eigenvalue weighted by atomic mass is 32.2. The number of nitrogens with two attached hydrogens (primary N) is 1. The van der Waals surface area contributed by atoms with Gasteiger partial charge >= 0.3 is 0 Å². The van der Waals surface area contributed by atoms with Crippen LogP contribution in [0.2, 0.25) is 0 Å². The Hall–Kier alpha value is -0.220. The molecule has 0 aromatic heterocycles. The van der Waals surface area contributed by atoms with Gasteiger partial charge in [0.05, 0.1) is 6.04 Å². The largest absolute Gasteiger partial charge is 0.340 e. The number of rotatable bonds is 3. The van der Waals surface area contributed by atoms with Crippen molar-refractivity contribution < 1.29 is 4.79 Å². The molecule has 0 bridgehead atoms. The molecule has 1 fully saturated rings. The van der Waals surface area contributed by atoms with Crippen molar-refractivity contribution >= 4 is 17.7 Å². The molecule has 0 aromatic carbocycles. The Balaban J connectivity index is 2.46. The highest BCUT2D eigenvalue weighted by Crippen LogP contribution is 2.13. The fourth-order valence-corrected chi connectivity index (χ4v) is 2.39. The van der Waals surface area contributed by atoms with E-state index in [1.807, 2.05) is 23.6 Å². The summed E-state index contributed by atoms with van der Waals surface area (Å²) in [4.78, 5) is 13.8. The van der Waals surface area contributed by atoms with E-state index in [-0.39, 0.29) is 17.9 Å². The van der Waals surface area contributed by atoms with Crippen LogP contribution >= 0.6 is 11.8 Å². The van der Waals surface area contributed by atoms with Gasteiger partial charge in [0.25, 0.3) is 0 Å². The van der Waals surface area contributed by atoms with Crippen LogP contribution < -0.4 is 5.73 Å². The number of carbonyl (C=O) groups excluding carboxylic acids is 1. The average molecular weight is 216 g/mol. The number of thioether (sulfide) groups is 1. The molecule has 82 valence electrons. The Morgan fingerprint density at radius 3 is 2.57 bits per heavy atom. The topological polar surface area (TPSA) is 46.3 Å². The molecule has 1 rings (SSSR count). The lowest BCUT2D eigenvalue weighted by molar-refractivity contribution is -0.133. The Morgan fingerprint density at radius 2 is 2.07 bits per heavy atom. The summed E-state index contributed by atoms with van der Waals surface area (Å²) < 4.78 is 0. The maximum Gasteiger partial charge on any atom is 0.239 e. The second-order valence-corrected chi connectivity index (χ2v) is 5.07. The van der Waals surface area contributed by atoms with Gasteiger partial charge in [0.2, 0.25) is 5.91 Å². The van der Waals surface area contributed by atoms with Crippen LogP contribution in [0, 0.1) is 5.92 Å². The molecule has 2 N–H and O–H groups in total. The average Bonchev–Trinajstić information content (AvgIpc) is 2.27. The molecule has 1 heterocycles. The number of carbonyl (C=O) groups is 1. The van der Waals surface area contributed by atoms with Crippen LogP contribution in [0.4, 0.5) is 0 Å². The Kier molecular flexibility index (Phi) is 4.75. The van der Waals surface area contributed by atoms with E-state index in [1.165, 1.54) is 0 Å². The van der Waals surface area contributed by atoms with E-state index < -0.39 is 0 Å². The van der Waals surface area contributed by atoms with E-state index in [9.17, 15) is 4.79 Å². The van der Waals surface area contributed by atoms with Crippen molar-refractivity contribution in [3.05, 3.63) is 0 Å². The van der Waals surface area contributed by atoms with Gasteiger partial charge in [-0.2, -0.15) is 11.8 Å². The third kappa shape index (κ3) is 2.89. The number of nitrogens with zero attached hydrogens (tertiary/aromatic N) is 1. The van der Waals surface area contributed by atoms with Crippen molar-refractivity contribution in [2.24, 2.45) is 11.7 Å². The molecule has 0 spiro atoms. The molecule has 1 aliphatic rings. The first-order valence-corrected chi connectivity index (χ1v) is 6.44. The van der Waals surface area contributed by atoms with Crippen molar-refractivity contribution in [2.45, 2.75) is 26.3 Å². The van der Waals surface area contributed by atoms with Gasteiger partial charge in [0.1, 0.15) is 0 Å². The molecular weight excluding hydrogens is 196 g/mol. The van der Waals surface area contributed by atoms with Crippen molar-refractivity contribution in [3.63, 3.8) is 0 Å². The van der Waals surface area contributed by atoms with Gasteiger partial charge in [-0.3, -0.25) is 4.79 Å². The van der Waals surface area contributed by atoms with Gasteiger partial charge in [-0.25, -0.2) is 0 Å². The Bertz CT molecular complexity index is 189. The van der Waals surface area contributed by atoms with Crippen LogP contribution in [0.3, 0.4) is 0 Å². The van der Waals surface area contributed by atoms with Crippen molar-refractivity contribution in [3.8, 4) is 0 Å². The fraction of sp³-hybridized carbons (Fsp3) is 0.900. The van der Waals surface area contributed by atoms with Crippen LogP contribution in [0.25, 0.3) is 0 Å². The van der Waals surface area contributed by atoms with Gasteiger partial charge in [-0.1, -0.05) is 20.3 Å². The number of hydrogen-bond acceptors (Lipinski definition) is 3. The highest BCUT2D eigenvalue weighted by Gasteiger charge is 2.25. The summed E-state index contributed by atoms with van der Waals surface area (Å²) in [7, 11) is 0. The fourth-order valence-electron chi connectivity index (χ4n) is 1.49. The molecular formula is C10H20N2OS. The zero-order valence-electron chi connectivity index (χ0n) is 9.03. The van der Waals surface area contributed by atoms with E-state index in [4.69, 9.17) is 5.73 Å². The molecule has 1 amide bonds. The van der Waals surface area contributed by atoms with E-state index in [2.05, 4.69) is 6.92 Å². The van der Waals surface area contributed by atoms with Gasteiger partial charge < -0.3 is 10.6 Å². The predicted molar refractivity (Wildman–Crippen MR) is 61.3 cm³/mol. The summed E-state index contributed by atoms with van der Waals surface area (Å²) in [6.07, 6.45) is 0.968. The number of hydrogen-bond donors (Lipinski definition) is 1. The molecule has 2 atom stereocenters. The zero-order chi connectivity index (χ0) is 10.6. The van der Waals surface area contributed by atoms with Gasteiger partial charge in [0, 0.05) is 24.6 Å². The molecule has 2 unspecified atom stereocenters. The zero-order valence-corrected chi connectivity index (χ0v) is 9.85. The summed E-state index contributed by atoms with van der Waals surface area (Å²) in [5, 5.41) is 0. The molecule has 4 heteroatoms. The molecule has 0 aliphatic carbocycles. The molecule has 0 saturated carbocycles. The minimum Gasteiger partial charge on any atom is -0.340 e. The second kappa shape index (κ2) is 5.61. The third-order valence-corrected chi connectivity index (χ3v) is 3.81. The SMILES string of the molecule is CCC(C)C(N)C(=O)N1CCSCC1. The van der Waals surface area contributed by atoms with Gasteiger partial charge in [-0.05, 0) is 5.92 Å². The lowest BCUT2D eigenvalue weighted by Crippen LogP contribution is -2.49. The van der Waals surface area contributed by atoms with Gasteiger partial charge in [0.15, 0.2) is 0 Å². The van der Waals surface area contributed by atoms with Crippen molar-refractivity contribution in [1.82, 2.24) is 4.90 Å². The Labute approximate surface area is 90.4 Å². The first-order valence-electron chi connectivity index (χ1n) is 5.29. The quantitative estimate of drug-likeness (QED) is 0.763. The summed E-state index contributed by atoms with van der Waals surface area (Å²) in [5.41, 5.74) is 5.90. The maximum atomic E-state index is 11.9. The van der Waals surface area contributed by atoms with E-state index in [0.717, 1.165) is 31.0 Å². The minimum absolute atomic E-state index is 0.139. The second-order valence-electron chi connectivity index (χ2n) is 3.85. The van der Waals surface area contributed by atoms with Gasteiger partial charge in [-0.15, -0.1) is 0 Å². The van der Waals surface area contributed by atoms with Crippen LogP contribution in [-0.2, 0) is 4.79 Å². The molecule has 0 aromatic rings. The summed E-state index contributed by atoms with van der Waals surface area (Å²) in [6.45, 7) is 5.85. The van der Waals surface area contributed by atoms with Crippen molar-refractivity contribution in [2.75, 3.05) is 24.6 Å². The van der Waals surface area contributed by atoms with Crippen LogP contribution in [0.1, 0.15) is 20.3 Å². The first-order chi connectivity index (χ1) is 6.66. The molecule has 0 radical (unpaired) electrons. The summed E-state index contributed by atoms with van der Waals surface area (Å²) in [5.74, 6) is 2.54. The minimum atomic E-state index is -0.303. The highest BCUT2D eigenvalue weighted by molar-refractivity contribution is 7.99. The van der Waals surface area contributed by atoms with Crippen LogP contribution in [0.15, 0.2) is 0 Å². The molecule has 3 nitrogen and oxygen atoms in total. The molecule has 1 aliphatic heterocycles. The van der Waals surface area contributed by atoms with E-state index in [1.54, 1.807) is 0 Å². The van der Waals surface area contributed by atoms with E-state index in [0.29, 0.717) is 0 Å². The van der Waals surface area contributed by atoms with Crippen molar-refractivity contribution in [1.29, 1.82) is 0 Å². The van der Waals surface area contributed by atoms with Crippen LogP contribution in [0.5, 0.6) is 0 Å². The molecule has 1 saturated heterocycles. The Morgan fingerprint density at radius 1 is 1.50 bits per heavy atom. The maximum absolute atomic E-state index is 11.9. The lowest BCUT2D eigenvalue weighted by Gasteiger charge is -2.30. The van der Waals surface area contributed by atoms with Crippen LogP contribution in [-0.4, -0.2) is 41.4 Å². The monoisotopic (exact) mass is 216 g/mol. The normalized spacial score (nSPS) is 21.8. The van der Waals surface area contributed by atoms with E-state index >= 15 is 0 Å². The smallest absolute Gasteiger partial charge is 0.239 e.